The molecule has 0 saturated heterocycles. The van der Waals surface area contributed by atoms with Crippen molar-refractivity contribution >= 4 is 29.2 Å². The van der Waals surface area contributed by atoms with E-state index in [1.165, 1.54) is 0 Å². The molecule has 0 spiro atoms. The molecule has 3 aromatic rings. The maximum atomic E-state index is 12.5. The van der Waals surface area contributed by atoms with Gasteiger partial charge in [0.2, 0.25) is 0 Å². The van der Waals surface area contributed by atoms with Gasteiger partial charge in [0.05, 0.1) is 12.1 Å². The number of hydrogen-bond acceptors (Lipinski definition) is 5. The van der Waals surface area contributed by atoms with Gasteiger partial charge in [0.1, 0.15) is 5.75 Å². The van der Waals surface area contributed by atoms with E-state index >= 15 is 0 Å². The molecule has 6 nitrogen and oxygen atoms in total. The number of fused-ring (bicyclic) bond motifs is 1. The van der Waals surface area contributed by atoms with Gasteiger partial charge in [-0.25, -0.2) is 0 Å². The summed E-state index contributed by atoms with van der Waals surface area (Å²) < 4.78 is 11.0. The van der Waals surface area contributed by atoms with E-state index in [1.54, 1.807) is 54.7 Å². The Morgan fingerprint density at radius 2 is 2.07 bits per heavy atom. The van der Waals surface area contributed by atoms with Crippen LogP contribution in [0.15, 0.2) is 54.7 Å². The minimum absolute atomic E-state index is 0.128. The lowest BCUT2D eigenvalue weighted by atomic mass is 10.1. The summed E-state index contributed by atoms with van der Waals surface area (Å²) in [5.74, 6) is 0.598. The Labute approximate surface area is 166 Å². The highest BCUT2D eigenvalue weighted by atomic mass is 35.5. The van der Waals surface area contributed by atoms with Crippen LogP contribution in [-0.4, -0.2) is 16.9 Å². The van der Waals surface area contributed by atoms with E-state index in [1.807, 2.05) is 6.92 Å². The van der Waals surface area contributed by atoms with Gasteiger partial charge < -0.3 is 14.8 Å². The molecule has 1 aliphatic rings. The number of hydrogen-bond donors (Lipinski definition) is 1. The van der Waals surface area contributed by atoms with Crippen LogP contribution in [0.4, 0.5) is 5.69 Å². The third-order valence-electron chi connectivity index (χ3n) is 4.21. The largest absolute Gasteiger partial charge is 0.453 e. The minimum atomic E-state index is -0.363. The third kappa shape index (κ3) is 3.68. The van der Waals surface area contributed by atoms with Gasteiger partial charge in [-0.05, 0) is 42.8 Å². The second-order valence-electron chi connectivity index (χ2n) is 6.28. The van der Waals surface area contributed by atoms with E-state index < -0.39 is 0 Å². The van der Waals surface area contributed by atoms with Crippen molar-refractivity contribution in [1.82, 2.24) is 4.98 Å². The Bertz CT molecular complexity index is 1100. The Morgan fingerprint density at radius 3 is 2.89 bits per heavy atom. The van der Waals surface area contributed by atoms with Crippen molar-refractivity contribution < 1.29 is 19.1 Å². The van der Waals surface area contributed by atoms with E-state index in [4.69, 9.17) is 21.1 Å². The van der Waals surface area contributed by atoms with Crippen LogP contribution in [0, 0.1) is 6.92 Å². The molecule has 140 valence electrons. The third-order valence-corrected chi connectivity index (χ3v) is 4.63. The fourth-order valence-corrected chi connectivity index (χ4v) is 2.94. The first-order chi connectivity index (χ1) is 13.5. The van der Waals surface area contributed by atoms with Crippen LogP contribution in [0.2, 0.25) is 5.02 Å². The first-order valence-electron chi connectivity index (χ1n) is 8.53. The van der Waals surface area contributed by atoms with Crippen molar-refractivity contribution in [1.29, 1.82) is 0 Å². The van der Waals surface area contributed by atoms with E-state index in [2.05, 4.69) is 10.3 Å². The Hall–Kier alpha value is -3.38. The van der Waals surface area contributed by atoms with Crippen molar-refractivity contribution in [3.05, 3.63) is 76.6 Å². The number of carbonyl (C=O) groups is 2. The summed E-state index contributed by atoms with van der Waals surface area (Å²) in [7, 11) is 0. The molecule has 4 rings (SSSR count). The van der Waals surface area contributed by atoms with E-state index in [0.29, 0.717) is 39.2 Å². The van der Waals surface area contributed by atoms with E-state index in [-0.39, 0.29) is 18.3 Å². The van der Waals surface area contributed by atoms with Crippen LogP contribution in [0.1, 0.15) is 21.6 Å². The molecule has 1 N–H and O–H groups in total. The summed E-state index contributed by atoms with van der Waals surface area (Å²) in [5.41, 5.74) is 2.45. The lowest BCUT2D eigenvalue weighted by Gasteiger charge is -2.11. The number of carbonyl (C=O) groups excluding carboxylic acids is 2. The average molecular weight is 395 g/mol. The first-order valence-corrected chi connectivity index (χ1v) is 8.91. The number of amides is 1. The topological polar surface area (TPSA) is 77.5 Å². The fraction of sp³-hybridized carbons (Fsp3) is 0.0952. The highest BCUT2D eigenvalue weighted by Gasteiger charge is 2.25. The molecular formula is C21H15ClN2O4. The van der Waals surface area contributed by atoms with Gasteiger partial charge in [-0.15, -0.1) is 0 Å². The number of nitrogens with one attached hydrogen (secondary N) is 1. The van der Waals surface area contributed by atoms with Crippen molar-refractivity contribution in [3.63, 3.8) is 0 Å². The van der Waals surface area contributed by atoms with Crippen LogP contribution < -0.4 is 14.8 Å². The maximum absolute atomic E-state index is 12.5. The predicted molar refractivity (Wildman–Crippen MR) is 104 cm³/mol. The molecule has 2 aromatic carbocycles. The second kappa shape index (κ2) is 7.32. The molecule has 0 fully saturated rings. The van der Waals surface area contributed by atoms with Gasteiger partial charge in [0.15, 0.2) is 11.5 Å². The molecule has 1 amide bonds. The second-order valence-corrected chi connectivity index (χ2v) is 6.69. The van der Waals surface area contributed by atoms with Gasteiger partial charge in [0, 0.05) is 34.6 Å². The van der Waals surface area contributed by atoms with Gasteiger partial charge >= 0.3 is 5.97 Å². The SMILES string of the molecule is Cc1cc(C(=O)Nc2cccc(Oc3ccnc4c3OC(=O)C4)c2)ccc1Cl. The highest BCUT2D eigenvalue weighted by molar-refractivity contribution is 6.31. The highest BCUT2D eigenvalue weighted by Crippen LogP contribution is 2.37. The van der Waals surface area contributed by atoms with E-state index in [9.17, 15) is 9.59 Å². The zero-order valence-electron chi connectivity index (χ0n) is 14.9. The van der Waals surface area contributed by atoms with Crippen molar-refractivity contribution in [2.24, 2.45) is 0 Å². The van der Waals surface area contributed by atoms with Crippen LogP contribution in [0.25, 0.3) is 0 Å². The minimum Gasteiger partial charge on any atom is -0.453 e. The van der Waals surface area contributed by atoms with Crippen LogP contribution in [0.3, 0.4) is 0 Å². The van der Waals surface area contributed by atoms with Crippen molar-refractivity contribution in [3.8, 4) is 17.2 Å². The van der Waals surface area contributed by atoms with Gasteiger partial charge in [-0.2, -0.15) is 0 Å². The number of benzene rings is 2. The van der Waals surface area contributed by atoms with Gasteiger partial charge in [-0.1, -0.05) is 17.7 Å². The molecule has 0 saturated carbocycles. The molecular weight excluding hydrogens is 380 g/mol. The number of nitrogens with zero attached hydrogens (tertiary/aromatic N) is 1. The number of aryl methyl sites for hydroxylation is 1. The van der Waals surface area contributed by atoms with Crippen molar-refractivity contribution in [2.45, 2.75) is 13.3 Å². The molecule has 1 aliphatic heterocycles. The molecule has 2 heterocycles. The number of ether oxygens (including phenoxy) is 2. The lowest BCUT2D eigenvalue weighted by Crippen LogP contribution is -2.12. The molecule has 0 radical (unpaired) electrons. The monoisotopic (exact) mass is 394 g/mol. The fourth-order valence-electron chi connectivity index (χ4n) is 2.83. The Balaban J connectivity index is 1.52. The quantitative estimate of drug-likeness (QED) is 0.657. The summed E-state index contributed by atoms with van der Waals surface area (Å²) in [6.45, 7) is 1.84. The molecule has 0 bridgehead atoms. The smallest absolute Gasteiger partial charge is 0.317 e. The summed E-state index contributed by atoms with van der Waals surface area (Å²) in [4.78, 5) is 28.1. The summed E-state index contributed by atoms with van der Waals surface area (Å²) in [6, 6.07) is 13.6. The number of aromatic nitrogens is 1. The Morgan fingerprint density at radius 1 is 1.21 bits per heavy atom. The molecule has 7 heteroatoms. The number of halogens is 1. The number of esters is 1. The maximum Gasteiger partial charge on any atom is 0.317 e. The first kappa shape index (κ1) is 18.0. The summed E-state index contributed by atoms with van der Waals surface area (Å²) in [6.07, 6.45) is 1.69. The van der Waals surface area contributed by atoms with E-state index in [0.717, 1.165) is 5.56 Å². The molecule has 0 atom stereocenters. The van der Waals surface area contributed by atoms with Gasteiger partial charge in [0.25, 0.3) is 5.91 Å². The zero-order valence-corrected chi connectivity index (χ0v) is 15.6. The Kier molecular flexibility index (Phi) is 4.71. The number of anilines is 1. The van der Waals surface area contributed by atoms with Gasteiger partial charge in [-0.3, -0.25) is 14.6 Å². The molecule has 0 unspecified atom stereocenters. The van der Waals surface area contributed by atoms with Crippen molar-refractivity contribution in [2.75, 3.05) is 5.32 Å². The normalized spacial score (nSPS) is 12.3. The number of rotatable bonds is 4. The molecule has 0 aliphatic carbocycles. The lowest BCUT2D eigenvalue weighted by molar-refractivity contribution is -0.131. The molecule has 1 aromatic heterocycles. The summed E-state index contributed by atoms with van der Waals surface area (Å²) >= 11 is 6.01. The summed E-state index contributed by atoms with van der Waals surface area (Å²) in [5, 5.41) is 3.44. The van der Waals surface area contributed by atoms with Crippen LogP contribution >= 0.6 is 11.6 Å². The van der Waals surface area contributed by atoms with Crippen LogP contribution in [0.5, 0.6) is 17.2 Å². The average Bonchev–Trinajstić information content (AvgIpc) is 3.05. The number of pyridine rings is 1. The standard InChI is InChI=1S/C21H15ClN2O4/c1-12-9-13(5-6-16(12)22)21(26)24-14-3-2-4-15(10-14)27-18-7-8-23-17-11-19(25)28-20(17)18/h2-10H,11H2,1H3,(H,24,26). The molecule has 28 heavy (non-hydrogen) atoms. The van der Waals surface area contributed by atoms with Crippen LogP contribution in [-0.2, 0) is 11.2 Å². The predicted octanol–water partition coefficient (Wildman–Crippen LogP) is 4.55. The zero-order chi connectivity index (χ0) is 19.7.